The Bertz CT molecular complexity index is 673. The molecule has 1 heterocycles. The van der Waals surface area contributed by atoms with Gasteiger partial charge in [0.1, 0.15) is 5.75 Å². The van der Waals surface area contributed by atoms with Gasteiger partial charge in [0.2, 0.25) is 5.96 Å². The number of rotatable bonds is 3. The highest BCUT2D eigenvalue weighted by molar-refractivity contribution is 5.74. The smallest absolute Gasteiger partial charge is 0.203 e. The molecule has 2 aromatic rings. The number of benzene rings is 2. The lowest BCUT2D eigenvalue weighted by Crippen LogP contribution is -2.49. The maximum atomic E-state index is 10.3. The lowest BCUT2D eigenvalue weighted by molar-refractivity contribution is 0.269. The standard InChI is InChI=1S/C17H20N4O/c18-16(19)21-11-10-17(20-21,12-13-6-2-1-3-7-13)14-8-4-5-9-15(14)22/h1-9,20,22H,10-12H2,(H3,18,19). The van der Waals surface area contributed by atoms with Crippen LogP contribution in [0.1, 0.15) is 17.5 Å². The minimum Gasteiger partial charge on any atom is -0.508 e. The molecule has 0 spiro atoms. The molecule has 0 aromatic heterocycles. The predicted molar refractivity (Wildman–Crippen MR) is 86.3 cm³/mol. The second-order valence-electron chi connectivity index (χ2n) is 5.66. The molecule has 5 heteroatoms. The van der Waals surface area contributed by atoms with Gasteiger partial charge in [0.05, 0.1) is 5.54 Å². The molecular formula is C17H20N4O. The van der Waals surface area contributed by atoms with E-state index < -0.39 is 5.54 Å². The third kappa shape index (κ3) is 2.63. The van der Waals surface area contributed by atoms with Gasteiger partial charge in [0.15, 0.2) is 0 Å². The molecule has 114 valence electrons. The summed E-state index contributed by atoms with van der Waals surface area (Å²) < 4.78 is 0. The highest BCUT2D eigenvalue weighted by Gasteiger charge is 2.41. The van der Waals surface area contributed by atoms with Crippen LogP contribution < -0.4 is 11.2 Å². The minimum atomic E-state index is -0.460. The Morgan fingerprint density at radius 3 is 2.50 bits per heavy atom. The summed E-state index contributed by atoms with van der Waals surface area (Å²) in [5.74, 6) is 0.252. The lowest BCUT2D eigenvalue weighted by atomic mass is 9.82. The van der Waals surface area contributed by atoms with Crippen molar-refractivity contribution in [3.05, 3.63) is 65.7 Å². The fourth-order valence-corrected chi connectivity index (χ4v) is 3.09. The van der Waals surface area contributed by atoms with E-state index in [4.69, 9.17) is 11.1 Å². The number of hydrogen-bond acceptors (Lipinski definition) is 3. The van der Waals surface area contributed by atoms with E-state index in [2.05, 4.69) is 17.6 Å². The number of hydrogen-bond donors (Lipinski definition) is 4. The van der Waals surface area contributed by atoms with Gasteiger partial charge in [-0.1, -0.05) is 48.5 Å². The molecule has 0 saturated carbocycles. The fourth-order valence-electron chi connectivity index (χ4n) is 3.09. The molecule has 5 N–H and O–H groups in total. The van der Waals surface area contributed by atoms with E-state index in [0.717, 1.165) is 18.4 Å². The van der Waals surface area contributed by atoms with Gasteiger partial charge in [-0.2, -0.15) is 0 Å². The number of guanidine groups is 1. The van der Waals surface area contributed by atoms with Crippen LogP contribution in [0.5, 0.6) is 5.75 Å². The first-order chi connectivity index (χ1) is 10.6. The third-order valence-corrected chi connectivity index (χ3v) is 4.17. The summed E-state index contributed by atoms with van der Waals surface area (Å²) in [6.45, 7) is 0.635. The molecule has 0 bridgehead atoms. The van der Waals surface area contributed by atoms with E-state index in [1.807, 2.05) is 36.4 Å². The maximum absolute atomic E-state index is 10.3. The number of aromatic hydroxyl groups is 1. The van der Waals surface area contributed by atoms with Crippen molar-refractivity contribution in [3.8, 4) is 5.75 Å². The molecule has 1 aliphatic rings. The van der Waals surface area contributed by atoms with Crippen molar-refractivity contribution in [2.75, 3.05) is 6.54 Å². The zero-order valence-electron chi connectivity index (χ0n) is 12.3. The number of phenols is 1. The van der Waals surface area contributed by atoms with E-state index >= 15 is 0 Å². The van der Waals surface area contributed by atoms with Crippen LogP contribution in [-0.2, 0) is 12.0 Å². The van der Waals surface area contributed by atoms with Crippen LogP contribution in [0.3, 0.4) is 0 Å². The molecule has 1 unspecified atom stereocenters. The van der Waals surface area contributed by atoms with Crippen LogP contribution in [0.4, 0.5) is 0 Å². The Morgan fingerprint density at radius 1 is 1.18 bits per heavy atom. The van der Waals surface area contributed by atoms with Crippen molar-refractivity contribution in [2.24, 2.45) is 5.73 Å². The van der Waals surface area contributed by atoms with Gasteiger partial charge in [0.25, 0.3) is 0 Å². The summed E-state index contributed by atoms with van der Waals surface area (Å²) in [6.07, 6.45) is 1.48. The van der Waals surface area contributed by atoms with E-state index in [1.165, 1.54) is 5.56 Å². The normalized spacial score (nSPS) is 21.0. The average molecular weight is 296 g/mol. The predicted octanol–water partition coefficient (Wildman–Crippen LogP) is 1.93. The minimum absolute atomic E-state index is 0.00893. The van der Waals surface area contributed by atoms with Crippen molar-refractivity contribution < 1.29 is 5.11 Å². The summed E-state index contributed by atoms with van der Waals surface area (Å²) in [5.41, 5.74) is 10.5. The Kier molecular flexibility index (Phi) is 3.73. The van der Waals surface area contributed by atoms with Crippen molar-refractivity contribution in [1.82, 2.24) is 10.4 Å². The van der Waals surface area contributed by atoms with Crippen molar-refractivity contribution in [3.63, 3.8) is 0 Å². The number of nitrogens with one attached hydrogen (secondary N) is 2. The molecule has 1 fully saturated rings. The monoisotopic (exact) mass is 296 g/mol. The summed E-state index contributed by atoms with van der Waals surface area (Å²) in [5, 5.41) is 19.6. The van der Waals surface area contributed by atoms with Crippen LogP contribution in [0.15, 0.2) is 54.6 Å². The molecule has 0 radical (unpaired) electrons. The first-order valence-electron chi connectivity index (χ1n) is 7.32. The number of para-hydroxylation sites is 1. The van der Waals surface area contributed by atoms with Crippen LogP contribution in [0.25, 0.3) is 0 Å². The summed E-state index contributed by atoms with van der Waals surface area (Å²) in [6, 6.07) is 17.5. The number of phenolic OH excluding ortho intramolecular Hbond substituents is 1. The molecule has 5 nitrogen and oxygen atoms in total. The Morgan fingerprint density at radius 2 is 1.86 bits per heavy atom. The molecule has 1 saturated heterocycles. The first-order valence-corrected chi connectivity index (χ1v) is 7.32. The molecule has 3 rings (SSSR count). The summed E-state index contributed by atoms with van der Waals surface area (Å²) >= 11 is 0. The fraction of sp³-hybridized carbons (Fsp3) is 0.235. The number of nitrogens with two attached hydrogens (primary N) is 1. The van der Waals surface area contributed by atoms with E-state index in [9.17, 15) is 5.11 Å². The second-order valence-corrected chi connectivity index (χ2v) is 5.66. The molecule has 1 aliphatic heterocycles. The highest BCUT2D eigenvalue weighted by atomic mass is 16.3. The highest BCUT2D eigenvalue weighted by Crippen LogP contribution is 2.38. The van der Waals surface area contributed by atoms with Gasteiger partial charge in [-0.25, -0.2) is 5.43 Å². The van der Waals surface area contributed by atoms with E-state index in [1.54, 1.807) is 11.1 Å². The van der Waals surface area contributed by atoms with Gasteiger partial charge in [-0.05, 0) is 24.5 Å². The van der Waals surface area contributed by atoms with Gasteiger partial charge in [-0.15, -0.1) is 0 Å². The molecule has 0 aliphatic carbocycles. The van der Waals surface area contributed by atoms with E-state index in [-0.39, 0.29) is 11.7 Å². The molecule has 0 amide bonds. The SMILES string of the molecule is N=C(N)N1CCC(Cc2ccccc2)(c2ccccc2O)N1. The van der Waals surface area contributed by atoms with Gasteiger partial charge in [0, 0.05) is 12.1 Å². The topological polar surface area (TPSA) is 85.4 Å². The Hall–Kier alpha value is -2.53. The lowest BCUT2D eigenvalue weighted by Gasteiger charge is -2.32. The second kappa shape index (κ2) is 5.69. The largest absolute Gasteiger partial charge is 0.508 e. The van der Waals surface area contributed by atoms with Crippen molar-refractivity contribution in [1.29, 1.82) is 5.41 Å². The van der Waals surface area contributed by atoms with Crippen molar-refractivity contribution in [2.45, 2.75) is 18.4 Å². The van der Waals surface area contributed by atoms with Gasteiger partial charge < -0.3 is 10.8 Å². The molecule has 2 aromatic carbocycles. The van der Waals surface area contributed by atoms with Crippen LogP contribution >= 0.6 is 0 Å². The van der Waals surface area contributed by atoms with Gasteiger partial charge in [-0.3, -0.25) is 10.4 Å². The number of hydrazine groups is 1. The summed E-state index contributed by atoms with van der Waals surface area (Å²) in [7, 11) is 0. The van der Waals surface area contributed by atoms with E-state index in [0.29, 0.717) is 6.54 Å². The van der Waals surface area contributed by atoms with Crippen LogP contribution in [-0.4, -0.2) is 22.6 Å². The Balaban J connectivity index is 2.00. The zero-order chi connectivity index (χ0) is 15.6. The van der Waals surface area contributed by atoms with Crippen LogP contribution in [0, 0.1) is 5.41 Å². The van der Waals surface area contributed by atoms with Crippen molar-refractivity contribution >= 4 is 5.96 Å². The first kappa shape index (κ1) is 14.4. The van der Waals surface area contributed by atoms with Crippen LogP contribution in [0.2, 0.25) is 0 Å². The summed E-state index contributed by atoms with van der Waals surface area (Å²) in [4.78, 5) is 0. The molecular weight excluding hydrogens is 276 g/mol. The number of nitrogens with zero attached hydrogens (tertiary/aromatic N) is 1. The maximum Gasteiger partial charge on any atom is 0.203 e. The average Bonchev–Trinajstić information content (AvgIpc) is 2.94. The zero-order valence-corrected chi connectivity index (χ0v) is 12.3. The third-order valence-electron chi connectivity index (χ3n) is 4.17. The quantitative estimate of drug-likeness (QED) is 0.515. The Labute approximate surface area is 129 Å². The molecule has 1 atom stereocenters. The molecule has 22 heavy (non-hydrogen) atoms. The van der Waals surface area contributed by atoms with Gasteiger partial charge >= 0.3 is 0 Å².